The van der Waals surface area contributed by atoms with E-state index in [9.17, 15) is 4.79 Å². The first-order valence-electron chi connectivity index (χ1n) is 11.4. The minimum atomic E-state index is -0.313. The van der Waals surface area contributed by atoms with Crippen LogP contribution in [0.2, 0.25) is 0 Å². The normalized spacial score (nSPS) is 18.4. The van der Waals surface area contributed by atoms with Crippen LogP contribution in [-0.4, -0.2) is 45.1 Å². The van der Waals surface area contributed by atoms with Crippen molar-refractivity contribution in [1.82, 2.24) is 25.3 Å². The quantitative estimate of drug-likeness (QED) is 0.437. The van der Waals surface area contributed by atoms with Crippen molar-refractivity contribution in [1.29, 1.82) is 0 Å². The van der Waals surface area contributed by atoms with Crippen LogP contribution >= 0.6 is 0 Å². The van der Waals surface area contributed by atoms with E-state index in [0.717, 1.165) is 64.9 Å². The number of carbonyl (C=O) groups is 1. The number of hydrogen-bond acceptors (Lipinski definition) is 6. The molecular weight excluding hydrogens is 414 g/mol. The highest BCUT2D eigenvalue weighted by atomic mass is 16.5. The van der Waals surface area contributed by atoms with Crippen LogP contribution in [-0.2, 0) is 4.74 Å². The van der Waals surface area contributed by atoms with Gasteiger partial charge in [-0.2, -0.15) is 0 Å². The first-order valence-corrected chi connectivity index (χ1v) is 11.4. The molecule has 168 valence electrons. The second kappa shape index (κ2) is 9.11. The number of esters is 1. The third-order valence-corrected chi connectivity index (χ3v) is 6.33. The number of nitrogens with zero attached hydrogens (tertiary/aromatic N) is 3. The topological polar surface area (TPSA) is 92.8 Å². The second-order valence-corrected chi connectivity index (χ2v) is 8.59. The van der Waals surface area contributed by atoms with E-state index in [1.807, 2.05) is 56.4 Å². The van der Waals surface area contributed by atoms with Crippen molar-refractivity contribution in [3.8, 4) is 22.6 Å². The van der Waals surface area contributed by atoms with Crippen LogP contribution in [0.3, 0.4) is 0 Å². The molecule has 7 heteroatoms. The molecular formula is C26H27N5O2. The van der Waals surface area contributed by atoms with Gasteiger partial charge in [-0.05, 0) is 70.0 Å². The van der Waals surface area contributed by atoms with Gasteiger partial charge in [0.05, 0.1) is 34.5 Å². The van der Waals surface area contributed by atoms with Crippen molar-refractivity contribution in [2.75, 3.05) is 7.05 Å². The van der Waals surface area contributed by atoms with Gasteiger partial charge in [0, 0.05) is 28.9 Å². The first kappa shape index (κ1) is 21.3. The van der Waals surface area contributed by atoms with Crippen LogP contribution < -0.4 is 5.32 Å². The summed E-state index contributed by atoms with van der Waals surface area (Å²) in [6.45, 7) is 1.97. The number of fused-ring (bicyclic) bond motifs is 1. The zero-order valence-corrected chi connectivity index (χ0v) is 18.8. The summed E-state index contributed by atoms with van der Waals surface area (Å²) in [5.74, 6) is -0.313. The van der Waals surface area contributed by atoms with Gasteiger partial charge in [0.25, 0.3) is 0 Å². The fourth-order valence-electron chi connectivity index (χ4n) is 4.47. The molecule has 2 N–H and O–H groups in total. The highest BCUT2D eigenvalue weighted by Gasteiger charge is 2.23. The van der Waals surface area contributed by atoms with E-state index in [1.54, 1.807) is 12.5 Å². The maximum Gasteiger partial charge on any atom is 0.339 e. The van der Waals surface area contributed by atoms with Crippen LogP contribution in [0.25, 0.3) is 33.5 Å². The Kier molecular flexibility index (Phi) is 5.88. The van der Waals surface area contributed by atoms with E-state index in [2.05, 4.69) is 25.3 Å². The number of aryl methyl sites for hydroxylation is 1. The number of rotatable bonds is 5. The summed E-state index contributed by atoms with van der Waals surface area (Å²) in [6, 6.07) is 14.2. The molecule has 1 aliphatic carbocycles. The Balaban J connectivity index is 1.40. The molecule has 0 atom stereocenters. The van der Waals surface area contributed by atoms with E-state index < -0.39 is 0 Å². The highest BCUT2D eigenvalue weighted by Crippen LogP contribution is 2.30. The number of aromatic nitrogens is 4. The molecule has 0 radical (unpaired) electrons. The Morgan fingerprint density at radius 1 is 1.09 bits per heavy atom. The van der Waals surface area contributed by atoms with Gasteiger partial charge in [-0.15, -0.1) is 0 Å². The zero-order valence-electron chi connectivity index (χ0n) is 18.8. The van der Waals surface area contributed by atoms with Gasteiger partial charge in [-0.3, -0.25) is 9.97 Å². The molecule has 0 amide bonds. The third-order valence-electron chi connectivity index (χ3n) is 6.33. The van der Waals surface area contributed by atoms with E-state index >= 15 is 0 Å². The monoisotopic (exact) mass is 441 g/mol. The number of imidazole rings is 1. The van der Waals surface area contributed by atoms with Crippen molar-refractivity contribution >= 4 is 16.9 Å². The molecule has 7 nitrogen and oxygen atoms in total. The number of hydrogen-bond donors (Lipinski definition) is 2. The lowest BCUT2D eigenvalue weighted by Crippen LogP contribution is -2.33. The molecule has 0 aliphatic heterocycles. The Bertz CT molecular complexity index is 1290. The fraction of sp³-hybridized carbons (Fsp3) is 0.308. The van der Waals surface area contributed by atoms with Gasteiger partial charge in [0.2, 0.25) is 0 Å². The van der Waals surface area contributed by atoms with E-state index in [-0.39, 0.29) is 12.1 Å². The van der Waals surface area contributed by atoms with Gasteiger partial charge in [-0.25, -0.2) is 9.78 Å². The minimum Gasteiger partial charge on any atom is -0.459 e. The van der Waals surface area contributed by atoms with Gasteiger partial charge in [-0.1, -0.05) is 12.1 Å². The number of ether oxygens (including phenoxy) is 1. The molecule has 1 saturated carbocycles. The SMILES string of the molecule is CN[C@H]1CC[C@H](OC(=O)c2cnc3ccc(-c4nc[nH]c4-c4cccc(C)n4)cc3c2)CC1. The Morgan fingerprint density at radius 2 is 1.94 bits per heavy atom. The maximum absolute atomic E-state index is 12.8. The lowest BCUT2D eigenvalue weighted by molar-refractivity contribution is 0.0188. The van der Waals surface area contributed by atoms with Gasteiger partial charge in [0.15, 0.2) is 0 Å². The fourth-order valence-corrected chi connectivity index (χ4v) is 4.47. The van der Waals surface area contributed by atoms with Crippen molar-refractivity contribution in [2.24, 2.45) is 0 Å². The minimum absolute atomic E-state index is 0.0300. The van der Waals surface area contributed by atoms with Gasteiger partial charge in [0.1, 0.15) is 6.10 Å². The van der Waals surface area contributed by atoms with Crippen molar-refractivity contribution in [3.05, 3.63) is 66.2 Å². The molecule has 3 aromatic heterocycles. The number of nitrogens with one attached hydrogen (secondary N) is 2. The molecule has 5 rings (SSSR count). The van der Waals surface area contributed by atoms with Crippen LogP contribution in [0, 0.1) is 6.92 Å². The summed E-state index contributed by atoms with van der Waals surface area (Å²) >= 11 is 0. The molecule has 1 aliphatic rings. The van der Waals surface area contributed by atoms with Crippen LogP contribution in [0.15, 0.2) is 55.0 Å². The Labute approximate surface area is 192 Å². The largest absolute Gasteiger partial charge is 0.459 e. The van der Waals surface area contributed by atoms with Crippen molar-refractivity contribution in [2.45, 2.75) is 44.8 Å². The summed E-state index contributed by atoms with van der Waals surface area (Å²) in [5.41, 5.74) is 5.67. The second-order valence-electron chi connectivity index (χ2n) is 8.59. The summed E-state index contributed by atoms with van der Waals surface area (Å²) < 4.78 is 5.78. The Hall–Kier alpha value is -3.58. The lowest BCUT2D eigenvalue weighted by Gasteiger charge is -2.27. The van der Waals surface area contributed by atoms with E-state index in [1.165, 1.54) is 0 Å². The third kappa shape index (κ3) is 4.50. The van der Waals surface area contributed by atoms with E-state index in [0.29, 0.717) is 11.6 Å². The molecule has 0 spiro atoms. The molecule has 0 unspecified atom stereocenters. The molecule has 1 aromatic carbocycles. The van der Waals surface area contributed by atoms with Crippen LogP contribution in [0.1, 0.15) is 41.7 Å². The molecule has 0 saturated heterocycles. The van der Waals surface area contributed by atoms with Crippen molar-refractivity contribution in [3.63, 3.8) is 0 Å². The lowest BCUT2D eigenvalue weighted by atomic mass is 9.93. The van der Waals surface area contributed by atoms with Crippen molar-refractivity contribution < 1.29 is 9.53 Å². The molecule has 33 heavy (non-hydrogen) atoms. The summed E-state index contributed by atoms with van der Waals surface area (Å²) in [6.07, 6.45) is 7.06. The maximum atomic E-state index is 12.8. The molecule has 0 bridgehead atoms. The number of carbonyl (C=O) groups excluding carboxylic acids is 1. The number of pyridine rings is 2. The Morgan fingerprint density at radius 3 is 2.73 bits per heavy atom. The smallest absolute Gasteiger partial charge is 0.339 e. The summed E-state index contributed by atoms with van der Waals surface area (Å²) in [7, 11) is 1.98. The van der Waals surface area contributed by atoms with Crippen LogP contribution in [0.5, 0.6) is 0 Å². The number of H-pyrrole nitrogens is 1. The molecule has 4 aromatic rings. The average molecular weight is 442 g/mol. The zero-order chi connectivity index (χ0) is 22.8. The summed E-state index contributed by atoms with van der Waals surface area (Å²) in [4.78, 5) is 29.6. The molecule has 1 fully saturated rings. The number of benzene rings is 1. The predicted octanol–water partition coefficient (Wildman–Crippen LogP) is 4.68. The van der Waals surface area contributed by atoms with Gasteiger partial charge >= 0.3 is 5.97 Å². The van der Waals surface area contributed by atoms with Crippen LogP contribution in [0.4, 0.5) is 0 Å². The van der Waals surface area contributed by atoms with E-state index in [4.69, 9.17) is 4.74 Å². The first-order chi connectivity index (χ1) is 16.1. The highest BCUT2D eigenvalue weighted by molar-refractivity contribution is 5.95. The summed E-state index contributed by atoms with van der Waals surface area (Å²) in [5, 5.41) is 4.17. The number of aromatic amines is 1. The molecule has 3 heterocycles. The standard InChI is InChI=1S/C26H27N5O2/c1-16-4-3-5-23(31-16)25-24(29-15-30-25)17-6-11-22-18(12-17)13-19(14-28-22)26(32)33-21-9-7-20(27-2)8-10-21/h3-6,11-15,20-21,27H,7-10H2,1-2H3,(H,29,30)/t20-,21-. The average Bonchev–Trinajstić information content (AvgIpc) is 3.34. The predicted molar refractivity (Wildman–Crippen MR) is 128 cm³/mol. The van der Waals surface area contributed by atoms with Gasteiger partial charge < -0.3 is 15.0 Å².